The van der Waals surface area contributed by atoms with Gasteiger partial charge in [-0.2, -0.15) is 0 Å². The molecule has 0 bridgehead atoms. The molecule has 0 heterocycles. The van der Waals surface area contributed by atoms with Crippen molar-refractivity contribution < 1.29 is 14.3 Å². The van der Waals surface area contributed by atoms with Crippen LogP contribution < -0.4 is 5.32 Å². The summed E-state index contributed by atoms with van der Waals surface area (Å²) in [7, 11) is 0. The Morgan fingerprint density at radius 1 is 1.23 bits per heavy atom. The first-order chi connectivity index (χ1) is 10.1. The maximum atomic E-state index is 12.0. The van der Waals surface area contributed by atoms with E-state index in [1.54, 1.807) is 0 Å². The Labute approximate surface area is 138 Å². The highest BCUT2D eigenvalue weighted by molar-refractivity contribution is 6.27. The molecule has 0 radical (unpaired) electrons. The quantitative estimate of drug-likeness (QED) is 0.803. The van der Waals surface area contributed by atoms with Crippen LogP contribution in [0.15, 0.2) is 0 Å². The van der Waals surface area contributed by atoms with E-state index in [9.17, 15) is 9.59 Å². The highest BCUT2D eigenvalue weighted by Gasteiger charge is 2.31. The van der Waals surface area contributed by atoms with Crippen molar-refractivity contribution in [1.82, 2.24) is 10.2 Å². The zero-order chi connectivity index (χ0) is 16.9. The standard InChI is InChI=1S/C16H29ClN2O3/c1-11(2)19(14(20)10-17)13-8-6-12(7-9-13)18-15(21)22-16(3,4)5/h11-13H,6-10H2,1-5H3,(H,18,21). The number of amides is 2. The van der Waals surface area contributed by atoms with Gasteiger partial charge in [0.1, 0.15) is 11.5 Å². The van der Waals surface area contributed by atoms with Gasteiger partial charge in [0.05, 0.1) is 0 Å². The third kappa shape index (κ3) is 6.03. The van der Waals surface area contributed by atoms with E-state index >= 15 is 0 Å². The molecule has 2 amide bonds. The second-order valence-corrected chi connectivity index (χ2v) is 7.45. The maximum Gasteiger partial charge on any atom is 0.407 e. The number of ether oxygens (including phenoxy) is 1. The third-order valence-electron chi connectivity index (χ3n) is 3.77. The topological polar surface area (TPSA) is 58.6 Å². The van der Waals surface area contributed by atoms with Crippen LogP contribution >= 0.6 is 11.6 Å². The smallest absolute Gasteiger partial charge is 0.407 e. The van der Waals surface area contributed by atoms with E-state index < -0.39 is 5.60 Å². The van der Waals surface area contributed by atoms with Gasteiger partial charge < -0.3 is 15.0 Å². The maximum absolute atomic E-state index is 12.0. The lowest BCUT2D eigenvalue weighted by Crippen LogP contribution is -2.49. The molecule has 0 atom stereocenters. The lowest BCUT2D eigenvalue weighted by molar-refractivity contribution is -0.133. The summed E-state index contributed by atoms with van der Waals surface area (Å²) < 4.78 is 5.28. The van der Waals surface area contributed by atoms with Gasteiger partial charge >= 0.3 is 6.09 Å². The first-order valence-electron chi connectivity index (χ1n) is 8.00. The van der Waals surface area contributed by atoms with Crippen LogP contribution in [0.5, 0.6) is 0 Å². The molecule has 1 rings (SSSR count). The van der Waals surface area contributed by atoms with E-state index in [-0.39, 0.29) is 36.0 Å². The molecule has 1 aliphatic rings. The molecule has 0 aliphatic heterocycles. The van der Waals surface area contributed by atoms with Gasteiger partial charge in [0, 0.05) is 18.1 Å². The van der Waals surface area contributed by atoms with Crippen LogP contribution in [0.3, 0.4) is 0 Å². The Hall–Kier alpha value is -0.970. The molecular weight excluding hydrogens is 304 g/mol. The van der Waals surface area contributed by atoms with Gasteiger partial charge in [-0.25, -0.2) is 4.79 Å². The van der Waals surface area contributed by atoms with Crippen molar-refractivity contribution in [3.05, 3.63) is 0 Å². The van der Waals surface area contributed by atoms with Crippen LogP contribution in [-0.4, -0.2) is 46.5 Å². The fraction of sp³-hybridized carbons (Fsp3) is 0.875. The van der Waals surface area contributed by atoms with E-state index in [1.165, 1.54) is 0 Å². The summed E-state index contributed by atoms with van der Waals surface area (Å²) in [6, 6.07) is 0.473. The summed E-state index contributed by atoms with van der Waals surface area (Å²) in [6.07, 6.45) is 3.09. The molecule has 1 N–H and O–H groups in total. The number of hydrogen-bond acceptors (Lipinski definition) is 3. The van der Waals surface area contributed by atoms with Crippen molar-refractivity contribution in [2.24, 2.45) is 0 Å². The predicted octanol–water partition coefficient (Wildman–Crippen LogP) is 3.30. The highest BCUT2D eigenvalue weighted by atomic mass is 35.5. The molecule has 128 valence electrons. The van der Waals surface area contributed by atoms with Crippen LogP contribution in [0.4, 0.5) is 4.79 Å². The van der Waals surface area contributed by atoms with Gasteiger partial charge in [-0.15, -0.1) is 11.6 Å². The fourth-order valence-corrected chi connectivity index (χ4v) is 3.09. The number of carbonyl (C=O) groups excluding carboxylic acids is 2. The molecular formula is C16H29ClN2O3. The predicted molar refractivity (Wildman–Crippen MR) is 88.1 cm³/mol. The van der Waals surface area contributed by atoms with Crippen molar-refractivity contribution >= 4 is 23.6 Å². The molecule has 1 fully saturated rings. The number of hydrogen-bond donors (Lipinski definition) is 1. The zero-order valence-corrected chi connectivity index (χ0v) is 15.1. The van der Waals surface area contributed by atoms with E-state index in [2.05, 4.69) is 5.32 Å². The largest absolute Gasteiger partial charge is 0.444 e. The summed E-state index contributed by atoms with van der Waals surface area (Å²) in [5.41, 5.74) is -0.484. The lowest BCUT2D eigenvalue weighted by Gasteiger charge is -2.39. The van der Waals surface area contributed by atoms with Crippen molar-refractivity contribution in [3.8, 4) is 0 Å². The van der Waals surface area contributed by atoms with Crippen molar-refractivity contribution in [3.63, 3.8) is 0 Å². The average molecular weight is 333 g/mol. The molecule has 0 unspecified atom stereocenters. The summed E-state index contributed by atoms with van der Waals surface area (Å²) in [5, 5.41) is 2.92. The van der Waals surface area contributed by atoms with Gasteiger partial charge in [-0.1, -0.05) is 0 Å². The Morgan fingerprint density at radius 2 is 1.77 bits per heavy atom. The van der Waals surface area contributed by atoms with Crippen molar-refractivity contribution in [1.29, 1.82) is 0 Å². The highest BCUT2D eigenvalue weighted by Crippen LogP contribution is 2.25. The van der Waals surface area contributed by atoms with E-state index in [0.717, 1.165) is 25.7 Å². The van der Waals surface area contributed by atoms with E-state index in [4.69, 9.17) is 16.3 Å². The second-order valence-electron chi connectivity index (χ2n) is 7.18. The lowest BCUT2D eigenvalue weighted by atomic mass is 9.89. The van der Waals surface area contributed by atoms with E-state index in [0.29, 0.717) is 0 Å². The monoisotopic (exact) mass is 332 g/mol. The molecule has 6 heteroatoms. The van der Waals surface area contributed by atoms with Crippen molar-refractivity contribution in [2.45, 2.75) is 84.0 Å². The summed E-state index contributed by atoms with van der Waals surface area (Å²) >= 11 is 5.70. The summed E-state index contributed by atoms with van der Waals surface area (Å²) in [6.45, 7) is 9.57. The van der Waals surface area contributed by atoms with Crippen LogP contribution in [-0.2, 0) is 9.53 Å². The molecule has 0 aromatic carbocycles. The van der Waals surface area contributed by atoms with Gasteiger partial charge in [0.15, 0.2) is 0 Å². The van der Waals surface area contributed by atoms with Gasteiger partial charge in [-0.05, 0) is 60.3 Å². The minimum Gasteiger partial charge on any atom is -0.444 e. The number of rotatable bonds is 4. The fourth-order valence-electron chi connectivity index (χ4n) is 2.95. The van der Waals surface area contributed by atoms with Gasteiger partial charge in [0.2, 0.25) is 5.91 Å². The average Bonchev–Trinajstić information content (AvgIpc) is 2.38. The first-order valence-corrected chi connectivity index (χ1v) is 8.54. The van der Waals surface area contributed by atoms with Gasteiger partial charge in [0.25, 0.3) is 0 Å². The van der Waals surface area contributed by atoms with E-state index in [1.807, 2.05) is 39.5 Å². The SMILES string of the molecule is CC(C)N(C(=O)CCl)C1CCC(NC(=O)OC(C)(C)C)CC1. The Balaban J connectivity index is 2.49. The molecule has 0 spiro atoms. The number of nitrogens with zero attached hydrogens (tertiary/aromatic N) is 1. The number of alkyl halides is 1. The summed E-state index contributed by atoms with van der Waals surface area (Å²) in [4.78, 5) is 25.6. The van der Waals surface area contributed by atoms with Gasteiger partial charge in [-0.3, -0.25) is 4.79 Å². The zero-order valence-electron chi connectivity index (χ0n) is 14.3. The third-order valence-corrected chi connectivity index (χ3v) is 4.00. The first kappa shape index (κ1) is 19.1. The number of nitrogens with one attached hydrogen (secondary N) is 1. The molecule has 0 saturated heterocycles. The normalized spacial score (nSPS) is 22.3. The minimum absolute atomic E-state index is 0.0137. The van der Waals surface area contributed by atoms with Crippen molar-refractivity contribution in [2.75, 3.05) is 5.88 Å². The van der Waals surface area contributed by atoms with Crippen LogP contribution in [0.25, 0.3) is 0 Å². The molecule has 1 aliphatic carbocycles. The molecule has 5 nitrogen and oxygen atoms in total. The molecule has 0 aromatic rings. The number of alkyl carbamates (subject to hydrolysis) is 1. The van der Waals surface area contributed by atoms with Crippen LogP contribution in [0.2, 0.25) is 0 Å². The molecule has 0 aromatic heterocycles. The number of halogens is 1. The number of carbonyl (C=O) groups is 2. The van der Waals surface area contributed by atoms with Crippen LogP contribution in [0, 0.1) is 0 Å². The minimum atomic E-state index is -0.484. The Morgan fingerprint density at radius 3 is 2.18 bits per heavy atom. The molecule has 1 saturated carbocycles. The summed E-state index contributed by atoms with van der Waals surface area (Å²) in [5.74, 6) is 0.00840. The van der Waals surface area contributed by atoms with Crippen LogP contribution in [0.1, 0.15) is 60.3 Å². The molecule has 22 heavy (non-hydrogen) atoms. The Kier molecular flexibility index (Phi) is 6.98. The second kappa shape index (κ2) is 8.04. The Bertz CT molecular complexity index is 385.